The highest BCUT2D eigenvalue weighted by Gasteiger charge is 2.36. The average Bonchev–Trinajstić information content (AvgIpc) is 3.11. The number of hydrogen-bond donors (Lipinski definition) is 2. The molecule has 0 spiro atoms. The molecule has 2 amide bonds. The summed E-state index contributed by atoms with van der Waals surface area (Å²) in [6, 6.07) is 5.43. The summed E-state index contributed by atoms with van der Waals surface area (Å²) in [6.07, 6.45) is 2.27. The largest absolute Gasteiger partial charge is 0.343 e. The normalized spacial score (nSPS) is 24.2. The Bertz CT molecular complexity index is 563. The van der Waals surface area contributed by atoms with Gasteiger partial charge in [0.2, 0.25) is 11.8 Å². The first kappa shape index (κ1) is 16.7. The molecule has 2 unspecified atom stereocenters. The molecule has 1 aromatic rings. The molecule has 3 rings (SSSR count). The van der Waals surface area contributed by atoms with Crippen LogP contribution in [0.2, 0.25) is 0 Å². The van der Waals surface area contributed by atoms with Gasteiger partial charge in [-0.25, -0.2) is 4.39 Å². The van der Waals surface area contributed by atoms with Gasteiger partial charge in [-0.3, -0.25) is 9.59 Å². The van der Waals surface area contributed by atoms with Gasteiger partial charge in [0, 0.05) is 6.54 Å². The summed E-state index contributed by atoms with van der Waals surface area (Å²) in [6.45, 7) is 1.25. The van der Waals surface area contributed by atoms with Crippen molar-refractivity contribution in [3.05, 3.63) is 30.1 Å². The zero-order valence-electron chi connectivity index (χ0n) is 12.0. The van der Waals surface area contributed by atoms with E-state index in [-0.39, 0.29) is 36.0 Å². The Kier molecular flexibility index (Phi) is 5.37. The van der Waals surface area contributed by atoms with E-state index < -0.39 is 11.9 Å². The Morgan fingerprint density at radius 2 is 2.09 bits per heavy atom. The molecule has 7 heteroatoms. The van der Waals surface area contributed by atoms with Gasteiger partial charge in [0.25, 0.3) is 0 Å². The van der Waals surface area contributed by atoms with E-state index in [2.05, 4.69) is 10.6 Å². The van der Waals surface area contributed by atoms with Crippen molar-refractivity contribution in [3.8, 4) is 0 Å². The van der Waals surface area contributed by atoms with Gasteiger partial charge >= 0.3 is 0 Å². The summed E-state index contributed by atoms with van der Waals surface area (Å²) < 4.78 is 13.8. The fourth-order valence-electron chi connectivity index (χ4n) is 2.90. The molecule has 2 N–H and O–H groups in total. The number of para-hydroxylation sites is 1. The third-order valence-corrected chi connectivity index (χ3v) is 4.04. The van der Waals surface area contributed by atoms with Crippen LogP contribution >= 0.6 is 12.4 Å². The maximum absolute atomic E-state index is 13.8. The SMILES string of the molecule is Cl.O=C(NC1CCN(c2ccccc2F)C1=O)C1CCCN1. The van der Waals surface area contributed by atoms with Crippen LogP contribution in [0.4, 0.5) is 10.1 Å². The minimum absolute atomic E-state index is 0. The summed E-state index contributed by atoms with van der Waals surface area (Å²) >= 11 is 0. The molecule has 2 atom stereocenters. The molecular formula is C15H19ClFN3O2. The van der Waals surface area contributed by atoms with Crippen LogP contribution in [0, 0.1) is 5.82 Å². The summed E-state index contributed by atoms with van der Waals surface area (Å²) in [7, 11) is 0. The maximum Gasteiger partial charge on any atom is 0.249 e. The van der Waals surface area contributed by atoms with Crippen molar-refractivity contribution in [2.24, 2.45) is 0 Å². The predicted molar refractivity (Wildman–Crippen MR) is 83.6 cm³/mol. The van der Waals surface area contributed by atoms with Gasteiger partial charge in [-0.2, -0.15) is 0 Å². The van der Waals surface area contributed by atoms with E-state index in [1.54, 1.807) is 18.2 Å². The number of anilines is 1. The van der Waals surface area contributed by atoms with E-state index >= 15 is 0 Å². The third kappa shape index (κ3) is 3.23. The van der Waals surface area contributed by atoms with Crippen molar-refractivity contribution >= 4 is 29.9 Å². The molecule has 2 aliphatic heterocycles. The van der Waals surface area contributed by atoms with Gasteiger partial charge < -0.3 is 15.5 Å². The summed E-state index contributed by atoms with van der Waals surface area (Å²) in [4.78, 5) is 25.8. The van der Waals surface area contributed by atoms with Gasteiger partial charge in [-0.15, -0.1) is 12.4 Å². The van der Waals surface area contributed by atoms with Gasteiger partial charge in [0.05, 0.1) is 11.7 Å². The number of carbonyl (C=O) groups excluding carboxylic acids is 2. The number of rotatable bonds is 3. The molecule has 2 heterocycles. The highest BCUT2D eigenvalue weighted by Crippen LogP contribution is 2.24. The first-order chi connectivity index (χ1) is 10.2. The van der Waals surface area contributed by atoms with E-state index in [4.69, 9.17) is 0 Å². The van der Waals surface area contributed by atoms with E-state index in [1.807, 2.05) is 0 Å². The number of carbonyl (C=O) groups is 2. The van der Waals surface area contributed by atoms with E-state index in [9.17, 15) is 14.0 Å². The summed E-state index contributed by atoms with van der Waals surface area (Å²) in [5, 5.41) is 5.87. The predicted octanol–water partition coefficient (Wildman–Crippen LogP) is 1.22. The third-order valence-electron chi connectivity index (χ3n) is 4.04. The zero-order chi connectivity index (χ0) is 14.8. The molecule has 0 aromatic heterocycles. The Morgan fingerprint density at radius 3 is 2.77 bits per heavy atom. The van der Waals surface area contributed by atoms with Crippen molar-refractivity contribution in [1.82, 2.24) is 10.6 Å². The van der Waals surface area contributed by atoms with Crippen molar-refractivity contribution in [3.63, 3.8) is 0 Å². The lowest BCUT2D eigenvalue weighted by molar-refractivity contribution is -0.127. The monoisotopic (exact) mass is 327 g/mol. The molecule has 2 saturated heterocycles. The number of benzene rings is 1. The molecule has 0 saturated carbocycles. The Hall–Kier alpha value is -1.66. The van der Waals surface area contributed by atoms with Crippen LogP contribution < -0.4 is 15.5 Å². The molecule has 2 aliphatic rings. The van der Waals surface area contributed by atoms with Gasteiger partial charge in [0.1, 0.15) is 11.9 Å². The molecule has 0 bridgehead atoms. The van der Waals surface area contributed by atoms with Crippen LogP contribution in [0.1, 0.15) is 19.3 Å². The Labute approximate surface area is 134 Å². The second-order valence-electron chi connectivity index (χ2n) is 5.44. The van der Waals surface area contributed by atoms with Crippen molar-refractivity contribution < 1.29 is 14.0 Å². The van der Waals surface area contributed by atoms with Gasteiger partial charge in [-0.05, 0) is 37.9 Å². The van der Waals surface area contributed by atoms with Crippen LogP contribution in [0.15, 0.2) is 24.3 Å². The first-order valence-corrected chi connectivity index (χ1v) is 7.26. The fourth-order valence-corrected chi connectivity index (χ4v) is 2.90. The number of nitrogens with one attached hydrogen (secondary N) is 2. The van der Waals surface area contributed by atoms with E-state index in [0.29, 0.717) is 13.0 Å². The highest BCUT2D eigenvalue weighted by atomic mass is 35.5. The quantitative estimate of drug-likeness (QED) is 0.877. The minimum atomic E-state index is -0.556. The Morgan fingerprint density at radius 1 is 1.32 bits per heavy atom. The van der Waals surface area contributed by atoms with Crippen molar-refractivity contribution in [2.75, 3.05) is 18.0 Å². The second-order valence-corrected chi connectivity index (χ2v) is 5.44. The number of nitrogens with zero attached hydrogens (tertiary/aromatic N) is 1. The standard InChI is InChI=1S/C15H18FN3O2.ClH/c16-10-4-1-2-6-13(10)19-9-7-12(15(19)21)18-14(20)11-5-3-8-17-11;/h1-2,4,6,11-12,17H,3,5,7-9H2,(H,18,20);1H. The van der Waals surface area contributed by atoms with Gasteiger partial charge in [-0.1, -0.05) is 12.1 Å². The van der Waals surface area contributed by atoms with Crippen molar-refractivity contribution in [1.29, 1.82) is 0 Å². The van der Waals surface area contributed by atoms with Gasteiger partial charge in [0.15, 0.2) is 0 Å². The van der Waals surface area contributed by atoms with Crippen molar-refractivity contribution in [2.45, 2.75) is 31.3 Å². The van der Waals surface area contributed by atoms with E-state index in [1.165, 1.54) is 11.0 Å². The Balaban J connectivity index is 0.00000176. The molecule has 2 fully saturated rings. The second kappa shape index (κ2) is 7.07. The molecule has 5 nitrogen and oxygen atoms in total. The fraction of sp³-hybridized carbons (Fsp3) is 0.467. The summed E-state index contributed by atoms with van der Waals surface area (Å²) in [5.41, 5.74) is 0.276. The number of halogens is 2. The molecule has 0 aliphatic carbocycles. The molecule has 0 radical (unpaired) electrons. The molecule has 120 valence electrons. The summed E-state index contributed by atoms with van der Waals surface area (Å²) in [5.74, 6) is -0.803. The van der Waals surface area contributed by atoms with Crippen LogP contribution in [0.3, 0.4) is 0 Å². The minimum Gasteiger partial charge on any atom is -0.343 e. The van der Waals surface area contributed by atoms with E-state index in [0.717, 1.165) is 19.4 Å². The molecule has 22 heavy (non-hydrogen) atoms. The topological polar surface area (TPSA) is 61.4 Å². The highest BCUT2D eigenvalue weighted by molar-refractivity contribution is 6.01. The lowest BCUT2D eigenvalue weighted by Gasteiger charge is -2.19. The lowest BCUT2D eigenvalue weighted by Crippen LogP contribution is -2.48. The number of hydrogen-bond acceptors (Lipinski definition) is 3. The van der Waals surface area contributed by atoms with Crippen LogP contribution in [0.5, 0.6) is 0 Å². The lowest BCUT2D eigenvalue weighted by atomic mass is 10.2. The zero-order valence-corrected chi connectivity index (χ0v) is 12.9. The van der Waals surface area contributed by atoms with Crippen LogP contribution in [0.25, 0.3) is 0 Å². The first-order valence-electron chi connectivity index (χ1n) is 7.26. The average molecular weight is 328 g/mol. The van der Waals surface area contributed by atoms with Crippen LogP contribution in [-0.4, -0.2) is 37.0 Å². The molecular weight excluding hydrogens is 309 g/mol. The smallest absolute Gasteiger partial charge is 0.249 e. The maximum atomic E-state index is 13.8. The number of amides is 2. The molecule has 1 aromatic carbocycles. The van der Waals surface area contributed by atoms with Crippen LogP contribution in [-0.2, 0) is 9.59 Å².